The molecular formula is C15H15BrN2O2. The number of H-pyrrole nitrogens is 1. The average Bonchev–Trinajstić information content (AvgIpc) is 2.91. The molecule has 4 nitrogen and oxygen atoms in total. The third kappa shape index (κ3) is 2.31. The maximum atomic E-state index is 12.1. The fourth-order valence-corrected chi connectivity index (χ4v) is 2.88. The first-order valence-electron chi connectivity index (χ1n) is 6.60. The molecule has 2 heterocycles. The zero-order valence-electron chi connectivity index (χ0n) is 11.1. The highest BCUT2D eigenvalue weighted by molar-refractivity contribution is 9.10. The van der Waals surface area contributed by atoms with E-state index < -0.39 is 5.60 Å². The summed E-state index contributed by atoms with van der Waals surface area (Å²) in [6.45, 7) is 2.68. The second-order valence-electron chi connectivity index (χ2n) is 5.13. The van der Waals surface area contributed by atoms with Crippen molar-refractivity contribution in [2.45, 2.75) is 25.4 Å². The van der Waals surface area contributed by atoms with Crippen molar-refractivity contribution in [3.8, 4) is 11.3 Å². The topological polar surface area (TPSA) is 55.0 Å². The van der Waals surface area contributed by atoms with Gasteiger partial charge in [0.2, 0.25) is 0 Å². The number of ether oxygens (including phenoxy) is 1. The SMILES string of the molecule is CC1(c2nc(-c3ccccc3)c(Br)c(=O)[nH]2)CCCO1. The molecule has 1 atom stereocenters. The number of aromatic amines is 1. The predicted octanol–water partition coefficient (Wildman–Crippen LogP) is 3.23. The van der Waals surface area contributed by atoms with Gasteiger partial charge in [-0.3, -0.25) is 4.79 Å². The van der Waals surface area contributed by atoms with Crippen molar-refractivity contribution in [1.82, 2.24) is 9.97 Å². The summed E-state index contributed by atoms with van der Waals surface area (Å²) >= 11 is 3.33. The Morgan fingerprint density at radius 2 is 2.10 bits per heavy atom. The molecular weight excluding hydrogens is 320 g/mol. The fraction of sp³-hybridized carbons (Fsp3) is 0.333. The number of nitrogens with one attached hydrogen (secondary N) is 1. The molecule has 1 aliphatic rings. The quantitative estimate of drug-likeness (QED) is 0.917. The number of benzene rings is 1. The van der Waals surface area contributed by atoms with E-state index in [1.54, 1.807) is 0 Å². The van der Waals surface area contributed by atoms with E-state index in [0.29, 0.717) is 22.6 Å². The molecule has 20 heavy (non-hydrogen) atoms. The zero-order valence-corrected chi connectivity index (χ0v) is 12.7. The molecule has 1 aliphatic heterocycles. The summed E-state index contributed by atoms with van der Waals surface area (Å²) in [4.78, 5) is 19.6. The molecule has 1 N–H and O–H groups in total. The van der Waals surface area contributed by atoms with E-state index in [0.717, 1.165) is 18.4 Å². The lowest BCUT2D eigenvalue weighted by Gasteiger charge is -2.22. The number of nitrogens with zero attached hydrogens (tertiary/aromatic N) is 1. The molecule has 1 saturated heterocycles. The molecule has 1 aromatic heterocycles. The highest BCUT2D eigenvalue weighted by atomic mass is 79.9. The van der Waals surface area contributed by atoms with Gasteiger partial charge in [0.1, 0.15) is 15.9 Å². The van der Waals surface area contributed by atoms with Gasteiger partial charge in [0.05, 0.1) is 5.69 Å². The van der Waals surface area contributed by atoms with Gasteiger partial charge in [-0.25, -0.2) is 4.98 Å². The van der Waals surface area contributed by atoms with Crippen molar-refractivity contribution in [2.24, 2.45) is 0 Å². The van der Waals surface area contributed by atoms with Crippen LogP contribution in [-0.4, -0.2) is 16.6 Å². The summed E-state index contributed by atoms with van der Waals surface area (Å²) in [6, 6.07) is 9.67. The van der Waals surface area contributed by atoms with Gasteiger partial charge in [-0.1, -0.05) is 30.3 Å². The molecule has 1 aromatic carbocycles. The molecule has 1 unspecified atom stereocenters. The van der Waals surface area contributed by atoms with E-state index in [2.05, 4.69) is 25.9 Å². The van der Waals surface area contributed by atoms with Crippen LogP contribution < -0.4 is 5.56 Å². The van der Waals surface area contributed by atoms with Crippen LogP contribution in [0.15, 0.2) is 39.6 Å². The third-order valence-corrected chi connectivity index (χ3v) is 4.37. The van der Waals surface area contributed by atoms with Gasteiger partial charge >= 0.3 is 0 Å². The van der Waals surface area contributed by atoms with Gasteiger partial charge in [0, 0.05) is 12.2 Å². The zero-order chi connectivity index (χ0) is 14.2. The normalized spacial score (nSPS) is 22.1. The van der Waals surface area contributed by atoms with Crippen LogP contribution in [0.3, 0.4) is 0 Å². The van der Waals surface area contributed by atoms with Gasteiger partial charge in [0.15, 0.2) is 0 Å². The number of hydrogen-bond acceptors (Lipinski definition) is 3. The van der Waals surface area contributed by atoms with E-state index in [1.165, 1.54) is 0 Å². The van der Waals surface area contributed by atoms with E-state index in [-0.39, 0.29) is 5.56 Å². The van der Waals surface area contributed by atoms with Crippen LogP contribution in [0, 0.1) is 0 Å². The Morgan fingerprint density at radius 1 is 1.35 bits per heavy atom. The maximum Gasteiger partial charge on any atom is 0.265 e. The molecule has 104 valence electrons. The lowest BCUT2D eigenvalue weighted by molar-refractivity contribution is 0.00919. The van der Waals surface area contributed by atoms with Crippen LogP contribution in [0.1, 0.15) is 25.6 Å². The van der Waals surface area contributed by atoms with Crippen molar-refractivity contribution in [1.29, 1.82) is 0 Å². The molecule has 0 aliphatic carbocycles. The van der Waals surface area contributed by atoms with Gasteiger partial charge in [-0.2, -0.15) is 0 Å². The third-order valence-electron chi connectivity index (χ3n) is 3.63. The summed E-state index contributed by atoms with van der Waals surface area (Å²) in [5.41, 5.74) is 0.892. The first-order valence-corrected chi connectivity index (χ1v) is 7.39. The summed E-state index contributed by atoms with van der Waals surface area (Å²) < 4.78 is 6.22. The van der Waals surface area contributed by atoms with E-state index in [1.807, 2.05) is 37.3 Å². The minimum absolute atomic E-state index is 0.175. The highest BCUT2D eigenvalue weighted by Crippen LogP contribution is 2.34. The summed E-state index contributed by atoms with van der Waals surface area (Å²) in [5, 5.41) is 0. The van der Waals surface area contributed by atoms with Gasteiger partial charge in [-0.05, 0) is 35.7 Å². The van der Waals surface area contributed by atoms with E-state index in [4.69, 9.17) is 4.74 Å². The van der Waals surface area contributed by atoms with Gasteiger partial charge in [0.25, 0.3) is 5.56 Å². The Kier molecular flexibility index (Phi) is 3.48. The van der Waals surface area contributed by atoms with Crippen molar-refractivity contribution in [2.75, 3.05) is 6.61 Å². The molecule has 3 rings (SSSR count). The predicted molar refractivity (Wildman–Crippen MR) is 80.5 cm³/mol. The Bertz CT molecular complexity index is 676. The molecule has 0 bridgehead atoms. The minimum atomic E-state index is -0.497. The van der Waals surface area contributed by atoms with Crippen molar-refractivity contribution >= 4 is 15.9 Å². The first-order chi connectivity index (χ1) is 9.60. The Labute approximate surface area is 125 Å². The minimum Gasteiger partial charge on any atom is -0.367 e. The standard InChI is InChI=1S/C15H15BrN2O2/c1-15(8-5-9-20-15)14-17-12(11(16)13(19)18-14)10-6-3-2-4-7-10/h2-4,6-7H,5,8-9H2,1H3,(H,17,18,19). The van der Waals surface area contributed by atoms with Crippen molar-refractivity contribution < 1.29 is 4.74 Å². The Balaban J connectivity index is 2.16. The molecule has 0 saturated carbocycles. The summed E-state index contributed by atoms with van der Waals surface area (Å²) in [6.07, 6.45) is 1.85. The van der Waals surface area contributed by atoms with Crippen LogP contribution in [0.25, 0.3) is 11.3 Å². The molecule has 0 radical (unpaired) electrons. The summed E-state index contributed by atoms with van der Waals surface area (Å²) in [7, 11) is 0. The number of rotatable bonds is 2. The van der Waals surface area contributed by atoms with Crippen LogP contribution >= 0.6 is 15.9 Å². The van der Waals surface area contributed by atoms with Crippen LogP contribution in [-0.2, 0) is 10.3 Å². The second kappa shape index (κ2) is 5.14. The van der Waals surface area contributed by atoms with E-state index >= 15 is 0 Å². The van der Waals surface area contributed by atoms with Gasteiger partial charge in [-0.15, -0.1) is 0 Å². The fourth-order valence-electron chi connectivity index (χ4n) is 2.46. The second-order valence-corrected chi connectivity index (χ2v) is 5.92. The lowest BCUT2D eigenvalue weighted by Crippen LogP contribution is -2.27. The molecule has 5 heteroatoms. The van der Waals surface area contributed by atoms with Crippen LogP contribution in [0.4, 0.5) is 0 Å². The molecule has 0 amide bonds. The van der Waals surface area contributed by atoms with Crippen LogP contribution in [0.5, 0.6) is 0 Å². The molecule has 2 aromatic rings. The maximum absolute atomic E-state index is 12.1. The monoisotopic (exact) mass is 334 g/mol. The smallest absolute Gasteiger partial charge is 0.265 e. The molecule has 1 fully saturated rings. The van der Waals surface area contributed by atoms with E-state index in [9.17, 15) is 4.79 Å². The highest BCUT2D eigenvalue weighted by Gasteiger charge is 2.35. The number of aromatic nitrogens is 2. The average molecular weight is 335 g/mol. The Hall–Kier alpha value is -1.46. The number of hydrogen-bond donors (Lipinski definition) is 1. The largest absolute Gasteiger partial charge is 0.367 e. The first kappa shape index (κ1) is 13.5. The van der Waals surface area contributed by atoms with Gasteiger partial charge < -0.3 is 9.72 Å². The summed E-state index contributed by atoms with van der Waals surface area (Å²) in [5.74, 6) is 0.599. The van der Waals surface area contributed by atoms with Crippen LogP contribution in [0.2, 0.25) is 0 Å². The van der Waals surface area contributed by atoms with Crippen molar-refractivity contribution in [3.63, 3.8) is 0 Å². The lowest BCUT2D eigenvalue weighted by atomic mass is 10.0. The number of halogens is 1. The Morgan fingerprint density at radius 3 is 2.75 bits per heavy atom. The molecule has 0 spiro atoms. The van der Waals surface area contributed by atoms with Crippen molar-refractivity contribution in [3.05, 3.63) is 51.0 Å².